The lowest BCUT2D eigenvalue weighted by Crippen LogP contribution is -1.86. The van der Waals surface area contributed by atoms with Crippen molar-refractivity contribution < 1.29 is 10.1 Å². The van der Waals surface area contributed by atoms with Gasteiger partial charge in [0.2, 0.25) is 0 Å². The van der Waals surface area contributed by atoms with Gasteiger partial charge in [0.25, 0.3) is 5.88 Å². The van der Waals surface area contributed by atoms with Gasteiger partial charge in [-0.2, -0.15) is 4.98 Å². The van der Waals surface area contributed by atoms with Crippen LogP contribution in [0.4, 0.5) is 0 Å². The van der Waals surface area contributed by atoms with Gasteiger partial charge in [-0.3, -0.25) is 0 Å². The molecule has 1 rings (SSSR count). The quantitative estimate of drug-likeness (QED) is 0.420. The number of rotatable bonds is 1. The molecule has 42 valence electrons. The molecule has 4 nitrogen and oxygen atoms in total. The first-order chi connectivity index (χ1) is 3.93. The van der Waals surface area contributed by atoms with Crippen molar-refractivity contribution >= 4 is 0 Å². The molecule has 0 aliphatic carbocycles. The van der Waals surface area contributed by atoms with Crippen molar-refractivity contribution in [3.63, 3.8) is 0 Å². The van der Waals surface area contributed by atoms with Crippen LogP contribution in [0.15, 0.2) is 18.6 Å². The van der Waals surface area contributed by atoms with Gasteiger partial charge in [0.05, 0.1) is 0 Å². The van der Waals surface area contributed by atoms with E-state index in [2.05, 4.69) is 14.9 Å². The van der Waals surface area contributed by atoms with Crippen molar-refractivity contribution in [3.8, 4) is 5.88 Å². The second-order valence-corrected chi connectivity index (χ2v) is 1.14. The number of aromatic nitrogens is 2. The highest BCUT2D eigenvalue weighted by Crippen LogP contribution is 1.97. The largest absolute Gasteiger partial charge is 0.319 e. The molecule has 0 aliphatic heterocycles. The highest BCUT2D eigenvalue weighted by Gasteiger charge is 1.85. The van der Waals surface area contributed by atoms with Crippen LogP contribution < -0.4 is 4.89 Å². The maximum Gasteiger partial charge on any atom is 0.258 e. The Morgan fingerprint density at radius 3 is 2.88 bits per heavy atom. The number of nitrogens with zero attached hydrogens (tertiary/aromatic N) is 2. The van der Waals surface area contributed by atoms with Gasteiger partial charge in [0, 0.05) is 12.3 Å². The third-order valence-corrected chi connectivity index (χ3v) is 0.648. The molecule has 0 bridgehead atoms. The van der Waals surface area contributed by atoms with Crippen LogP contribution in [-0.4, -0.2) is 15.2 Å². The summed E-state index contributed by atoms with van der Waals surface area (Å²) in [5.41, 5.74) is 0. The Morgan fingerprint density at radius 1 is 1.62 bits per heavy atom. The summed E-state index contributed by atoms with van der Waals surface area (Å²) in [7, 11) is 0. The predicted molar refractivity (Wildman–Crippen MR) is 25.3 cm³/mol. The molecular formula is C4H4N2O2. The predicted octanol–water partition coefficient (Wildman–Crippen LogP) is 0.328. The Balaban J connectivity index is 2.83. The fourth-order valence-corrected chi connectivity index (χ4v) is 0.333. The molecule has 0 aromatic carbocycles. The van der Waals surface area contributed by atoms with E-state index in [0.717, 1.165) is 0 Å². The van der Waals surface area contributed by atoms with E-state index in [1.165, 1.54) is 18.6 Å². The van der Waals surface area contributed by atoms with Gasteiger partial charge < -0.3 is 4.89 Å². The van der Waals surface area contributed by atoms with Crippen LogP contribution >= 0.6 is 0 Å². The Kier molecular flexibility index (Phi) is 1.39. The fourth-order valence-electron chi connectivity index (χ4n) is 0.333. The first-order valence-corrected chi connectivity index (χ1v) is 2.01. The third kappa shape index (κ3) is 0.913. The van der Waals surface area contributed by atoms with Crippen molar-refractivity contribution in [2.75, 3.05) is 0 Å². The van der Waals surface area contributed by atoms with Gasteiger partial charge in [-0.25, -0.2) is 10.2 Å². The molecule has 0 radical (unpaired) electrons. The van der Waals surface area contributed by atoms with Crippen molar-refractivity contribution in [3.05, 3.63) is 18.6 Å². The molecule has 4 heteroatoms. The zero-order valence-corrected chi connectivity index (χ0v) is 3.98. The molecule has 0 spiro atoms. The molecule has 0 saturated heterocycles. The van der Waals surface area contributed by atoms with Crippen molar-refractivity contribution in [1.29, 1.82) is 0 Å². The van der Waals surface area contributed by atoms with E-state index in [1.54, 1.807) is 0 Å². The summed E-state index contributed by atoms with van der Waals surface area (Å²) >= 11 is 0. The maximum atomic E-state index is 7.95. The lowest BCUT2D eigenvalue weighted by atomic mass is 10.6. The average Bonchev–Trinajstić information content (AvgIpc) is 1.90. The molecule has 1 N–H and O–H groups in total. The minimum absolute atomic E-state index is 0.153. The van der Waals surface area contributed by atoms with E-state index in [9.17, 15) is 0 Å². The number of hydrogen-bond acceptors (Lipinski definition) is 4. The first kappa shape index (κ1) is 4.99. The minimum Gasteiger partial charge on any atom is -0.319 e. The summed E-state index contributed by atoms with van der Waals surface area (Å²) in [6, 6.07) is 1.44. The van der Waals surface area contributed by atoms with E-state index >= 15 is 0 Å². The van der Waals surface area contributed by atoms with Gasteiger partial charge in [0.1, 0.15) is 6.33 Å². The molecule has 0 amide bonds. The van der Waals surface area contributed by atoms with Crippen LogP contribution in [0.5, 0.6) is 5.88 Å². The minimum atomic E-state index is 0.153. The third-order valence-electron chi connectivity index (χ3n) is 0.648. The highest BCUT2D eigenvalue weighted by atomic mass is 17.1. The molecule has 0 fully saturated rings. The highest BCUT2D eigenvalue weighted by molar-refractivity contribution is 5.02. The van der Waals surface area contributed by atoms with E-state index in [4.69, 9.17) is 5.26 Å². The van der Waals surface area contributed by atoms with Crippen LogP contribution in [-0.2, 0) is 0 Å². The van der Waals surface area contributed by atoms with Crippen molar-refractivity contribution in [1.82, 2.24) is 9.97 Å². The van der Waals surface area contributed by atoms with Crippen LogP contribution in [0.25, 0.3) is 0 Å². The summed E-state index contributed by atoms with van der Waals surface area (Å²) < 4.78 is 0. The Morgan fingerprint density at radius 2 is 2.50 bits per heavy atom. The molecule has 0 aliphatic rings. The van der Waals surface area contributed by atoms with Crippen molar-refractivity contribution in [2.24, 2.45) is 0 Å². The van der Waals surface area contributed by atoms with Crippen LogP contribution in [0.1, 0.15) is 0 Å². The van der Waals surface area contributed by atoms with E-state index in [1.807, 2.05) is 0 Å². The van der Waals surface area contributed by atoms with Crippen LogP contribution in [0.2, 0.25) is 0 Å². The van der Waals surface area contributed by atoms with E-state index in [-0.39, 0.29) is 5.88 Å². The van der Waals surface area contributed by atoms with Gasteiger partial charge in [-0.1, -0.05) is 0 Å². The molecule has 0 unspecified atom stereocenters. The average molecular weight is 112 g/mol. The lowest BCUT2D eigenvalue weighted by molar-refractivity contribution is -0.141. The van der Waals surface area contributed by atoms with Crippen LogP contribution in [0.3, 0.4) is 0 Å². The zero-order chi connectivity index (χ0) is 5.82. The monoisotopic (exact) mass is 112 g/mol. The molecule has 1 aromatic heterocycles. The van der Waals surface area contributed by atoms with Gasteiger partial charge in [-0.15, -0.1) is 0 Å². The molecular weight excluding hydrogens is 108 g/mol. The topological polar surface area (TPSA) is 55.2 Å². The van der Waals surface area contributed by atoms with E-state index in [0.29, 0.717) is 0 Å². The van der Waals surface area contributed by atoms with Gasteiger partial charge in [-0.05, 0) is 0 Å². The molecule has 8 heavy (non-hydrogen) atoms. The summed E-state index contributed by atoms with van der Waals surface area (Å²) in [6.45, 7) is 0. The zero-order valence-electron chi connectivity index (χ0n) is 3.98. The summed E-state index contributed by atoms with van der Waals surface area (Å²) in [5.74, 6) is 0.153. The second-order valence-electron chi connectivity index (χ2n) is 1.14. The Bertz CT molecular complexity index is 153. The van der Waals surface area contributed by atoms with Gasteiger partial charge >= 0.3 is 0 Å². The van der Waals surface area contributed by atoms with Gasteiger partial charge in [0.15, 0.2) is 0 Å². The smallest absolute Gasteiger partial charge is 0.258 e. The summed E-state index contributed by atoms with van der Waals surface area (Å²) in [4.78, 5) is 10.9. The SMILES string of the molecule is OOc1ccncn1. The standard InChI is InChI=1S/C4H4N2O2/c7-8-4-1-2-5-3-6-4/h1-3,7H. The second kappa shape index (κ2) is 2.23. The summed E-state index contributed by atoms with van der Waals surface area (Å²) in [6.07, 6.45) is 2.75. The van der Waals surface area contributed by atoms with Crippen LogP contribution in [0, 0.1) is 0 Å². The molecule has 0 saturated carbocycles. The Hall–Kier alpha value is -1.16. The molecule has 1 aromatic rings. The summed E-state index contributed by atoms with van der Waals surface area (Å²) in [5, 5.41) is 7.95. The van der Waals surface area contributed by atoms with E-state index < -0.39 is 0 Å². The molecule has 0 atom stereocenters. The normalized spacial score (nSPS) is 8.62. The lowest BCUT2D eigenvalue weighted by Gasteiger charge is -1.88. The fraction of sp³-hybridized carbons (Fsp3) is 0. The first-order valence-electron chi connectivity index (χ1n) is 2.01. The Labute approximate surface area is 45.7 Å². The maximum absolute atomic E-state index is 7.95. The number of hydrogen-bond donors (Lipinski definition) is 1. The molecule has 1 heterocycles. The van der Waals surface area contributed by atoms with Crippen molar-refractivity contribution in [2.45, 2.75) is 0 Å².